The van der Waals surface area contributed by atoms with Crippen LogP contribution in [0.1, 0.15) is 30.4 Å². The number of nitrogens with zero attached hydrogens (tertiary/aromatic N) is 2. The van der Waals surface area contributed by atoms with Gasteiger partial charge in [0.2, 0.25) is 0 Å². The number of ether oxygens (including phenoxy) is 1. The van der Waals surface area contributed by atoms with Crippen molar-refractivity contribution in [2.45, 2.75) is 19.3 Å². The second kappa shape index (κ2) is 11.8. The maximum atomic E-state index is 12.7. The molecule has 6 nitrogen and oxygen atoms in total. The van der Waals surface area contributed by atoms with E-state index in [1.807, 2.05) is 42.5 Å². The van der Waals surface area contributed by atoms with Gasteiger partial charge in [-0.25, -0.2) is 0 Å². The van der Waals surface area contributed by atoms with E-state index in [0.717, 1.165) is 16.7 Å². The molecule has 0 radical (unpaired) electrons. The third kappa shape index (κ3) is 6.92. The minimum atomic E-state index is -0.813. The van der Waals surface area contributed by atoms with Gasteiger partial charge in [-0.3, -0.25) is 14.6 Å². The number of hydrogen-bond donors (Lipinski definition) is 1. The lowest BCUT2D eigenvalue weighted by Gasteiger charge is -2.19. The summed E-state index contributed by atoms with van der Waals surface area (Å²) < 4.78 is 5.58. The number of likely N-dealkylation sites (N-methyl/N-ethyl adjacent to an activating group) is 1. The Balaban J connectivity index is 1.78. The molecule has 0 fully saturated rings. The van der Waals surface area contributed by atoms with E-state index >= 15 is 0 Å². The van der Waals surface area contributed by atoms with Crippen LogP contribution in [0, 0.1) is 0 Å². The summed E-state index contributed by atoms with van der Waals surface area (Å²) in [5, 5.41) is 9.36. The fraction of sp³-hybridized carbons (Fsp3) is 0.192. The van der Waals surface area contributed by atoms with Crippen molar-refractivity contribution in [3.8, 4) is 5.75 Å². The molecule has 0 saturated carbocycles. The topological polar surface area (TPSA) is 79.7 Å². The number of carbonyl (C=O) groups excluding carboxylic acids is 1. The van der Waals surface area contributed by atoms with Gasteiger partial charge in [0.25, 0.3) is 5.91 Å². The molecule has 0 unspecified atom stereocenters. The SMILES string of the molecule is CN(C(=O)COc1ccccc1Cl)c1cccc(/C(=C/CCCC(=O)O)c2cccnc2)c1. The number of aliphatic carboxylic acids is 1. The van der Waals surface area contributed by atoms with Crippen LogP contribution in [0.15, 0.2) is 79.1 Å². The van der Waals surface area contributed by atoms with Crippen molar-refractivity contribution in [1.29, 1.82) is 0 Å². The quantitative estimate of drug-likeness (QED) is 0.403. The van der Waals surface area contributed by atoms with Crippen LogP contribution in [0.3, 0.4) is 0 Å². The maximum Gasteiger partial charge on any atom is 0.303 e. The summed E-state index contributed by atoms with van der Waals surface area (Å²) in [7, 11) is 1.69. The summed E-state index contributed by atoms with van der Waals surface area (Å²) in [5.74, 6) is -0.578. The van der Waals surface area contributed by atoms with Crippen molar-refractivity contribution in [2.75, 3.05) is 18.6 Å². The van der Waals surface area contributed by atoms with Crippen molar-refractivity contribution in [2.24, 2.45) is 0 Å². The molecule has 0 bridgehead atoms. The van der Waals surface area contributed by atoms with E-state index in [4.69, 9.17) is 21.4 Å². The number of anilines is 1. The molecular formula is C26H25ClN2O4. The molecule has 3 rings (SSSR count). The molecule has 3 aromatic rings. The molecule has 1 aromatic heterocycles. The van der Waals surface area contributed by atoms with Crippen LogP contribution in [0.5, 0.6) is 5.75 Å². The number of rotatable bonds is 10. The highest BCUT2D eigenvalue weighted by Gasteiger charge is 2.14. The standard InChI is InChI=1S/C26H25ClN2O4/c1-29(25(30)18-33-24-13-4-3-12-23(24)27)21-10-6-8-19(16-21)22(11-2-5-14-26(31)32)20-9-7-15-28-17-20/h3-4,6-13,15-17H,2,5,14,18H2,1H3,(H,31,32)/b22-11-. The smallest absolute Gasteiger partial charge is 0.303 e. The second-order valence-electron chi connectivity index (χ2n) is 7.37. The van der Waals surface area contributed by atoms with Crippen molar-refractivity contribution >= 4 is 34.7 Å². The van der Waals surface area contributed by atoms with Gasteiger partial charge in [-0.05, 0) is 54.3 Å². The van der Waals surface area contributed by atoms with Crippen molar-refractivity contribution < 1.29 is 19.4 Å². The summed E-state index contributed by atoms with van der Waals surface area (Å²) in [6.45, 7) is -0.148. The number of benzene rings is 2. The lowest BCUT2D eigenvalue weighted by atomic mass is 9.97. The largest absolute Gasteiger partial charge is 0.482 e. The van der Waals surface area contributed by atoms with E-state index in [9.17, 15) is 9.59 Å². The average molecular weight is 465 g/mol. The Labute approximate surface area is 198 Å². The summed E-state index contributed by atoms with van der Waals surface area (Å²) in [6, 6.07) is 18.4. The number of carboxylic acid groups (broad SMARTS) is 1. The molecule has 170 valence electrons. The van der Waals surface area contributed by atoms with Gasteiger partial charge in [-0.1, -0.05) is 48.0 Å². The molecule has 2 aromatic carbocycles. The molecule has 1 amide bonds. The van der Waals surface area contributed by atoms with Crippen LogP contribution in [0.2, 0.25) is 5.02 Å². The monoisotopic (exact) mass is 464 g/mol. The molecular weight excluding hydrogens is 440 g/mol. The Morgan fingerprint density at radius 3 is 2.61 bits per heavy atom. The van der Waals surface area contributed by atoms with E-state index in [1.165, 1.54) is 4.90 Å². The normalized spacial score (nSPS) is 11.2. The average Bonchev–Trinajstić information content (AvgIpc) is 2.83. The number of hydrogen-bond acceptors (Lipinski definition) is 4. The van der Waals surface area contributed by atoms with E-state index < -0.39 is 5.97 Å². The summed E-state index contributed by atoms with van der Waals surface area (Å²) in [6.07, 6.45) is 6.74. The molecule has 0 aliphatic carbocycles. The highest BCUT2D eigenvalue weighted by atomic mass is 35.5. The van der Waals surface area contributed by atoms with Crippen LogP contribution >= 0.6 is 11.6 Å². The molecule has 0 spiro atoms. The van der Waals surface area contributed by atoms with E-state index in [0.29, 0.717) is 29.3 Å². The Morgan fingerprint density at radius 1 is 1.09 bits per heavy atom. The molecule has 1 heterocycles. The van der Waals surface area contributed by atoms with Gasteiger partial charge in [0.15, 0.2) is 6.61 Å². The molecule has 7 heteroatoms. The van der Waals surface area contributed by atoms with Gasteiger partial charge < -0.3 is 14.7 Å². The molecule has 0 aliphatic rings. The number of pyridine rings is 1. The number of para-hydroxylation sites is 1. The minimum Gasteiger partial charge on any atom is -0.482 e. The molecule has 0 aliphatic heterocycles. The highest BCUT2D eigenvalue weighted by molar-refractivity contribution is 6.32. The zero-order valence-corrected chi connectivity index (χ0v) is 19.0. The first-order valence-corrected chi connectivity index (χ1v) is 10.9. The van der Waals surface area contributed by atoms with E-state index in [1.54, 1.807) is 43.7 Å². The highest BCUT2D eigenvalue weighted by Crippen LogP contribution is 2.28. The zero-order chi connectivity index (χ0) is 23.6. The first-order chi connectivity index (χ1) is 16.0. The van der Waals surface area contributed by atoms with Gasteiger partial charge in [0, 0.05) is 37.1 Å². The van der Waals surface area contributed by atoms with Gasteiger partial charge in [-0.2, -0.15) is 0 Å². The fourth-order valence-electron chi connectivity index (χ4n) is 3.25. The van der Waals surface area contributed by atoms with Crippen molar-refractivity contribution in [3.05, 3.63) is 95.3 Å². The third-order valence-electron chi connectivity index (χ3n) is 5.02. The van der Waals surface area contributed by atoms with Crippen LogP contribution in [-0.4, -0.2) is 35.6 Å². The fourth-order valence-corrected chi connectivity index (χ4v) is 3.44. The Kier molecular flexibility index (Phi) is 8.61. The lowest BCUT2D eigenvalue weighted by Crippen LogP contribution is -2.31. The van der Waals surface area contributed by atoms with Gasteiger partial charge in [-0.15, -0.1) is 0 Å². The van der Waals surface area contributed by atoms with E-state index in [2.05, 4.69) is 4.98 Å². The maximum absolute atomic E-state index is 12.7. The lowest BCUT2D eigenvalue weighted by molar-refractivity contribution is -0.137. The third-order valence-corrected chi connectivity index (χ3v) is 5.33. The Hall–Kier alpha value is -3.64. The number of aromatic nitrogens is 1. The molecule has 0 saturated heterocycles. The summed E-state index contributed by atoms with van der Waals surface area (Å²) in [4.78, 5) is 29.3. The molecule has 33 heavy (non-hydrogen) atoms. The zero-order valence-electron chi connectivity index (χ0n) is 18.3. The van der Waals surface area contributed by atoms with Gasteiger partial charge in [0.1, 0.15) is 5.75 Å². The van der Waals surface area contributed by atoms with Crippen molar-refractivity contribution in [1.82, 2.24) is 4.98 Å². The number of carboxylic acids is 1. The Morgan fingerprint density at radius 2 is 1.88 bits per heavy atom. The predicted octanol–water partition coefficient (Wildman–Crippen LogP) is 5.46. The first kappa shape index (κ1) is 24.0. The predicted molar refractivity (Wildman–Crippen MR) is 130 cm³/mol. The summed E-state index contributed by atoms with van der Waals surface area (Å²) in [5.41, 5.74) is 3.47. The van der Waals surface area contributed by atoms with Crippen LogP contribution in [-0.2, 0) is 9.59 Å². The van der Waals surface area contributed by atoms with Crippen LogP contribution < -0.4 is 9.64 Å². The van der Waals surface area contributed by atoms with E-state index in [-0.39, 0.29) is 18.9 Å². The number of amides is 1. The molecule has 1 N–H and O–H groups in total. The van der Waals surface area contributed by atoms with Crippen LogP contribution in [0.4, 0.5) is 5.69 Å². The number of unbranched alkanes of at least 4 members (excludes halogenated alkanes) is 1. The number of allylic oxidation sites excluding steroid dienone is 1. The number of halogens is 1. The number of carbonyl (C=O) groups is 2. The first-order valence-electron chi connectivity index (χ1n) is 10.5. The van der Waals surface area contributed by atoms with Gasteiger partial charge >= 0.3 is 5.97 Å². The van der Waals surface area contributed by atoms with Crippen LogP contribution in [0.25, 0.3) is 5.57 Å². The Bertz CT molecular complexity index is 1130. The van der Waals surface area contributed by atoms with Gasteiger partial charge in [0.05, 0.1) is 5.02 Å². The molecule has 0 atom stereocenters. The summed E-state index contributed by atoms with van der Waals surface area (Å²) >= 11 is 6.09. The minimum absolute atomic E-state index is 0.111. The van der Waals surface area contributed by atoms with Crippen molar-refractivity contribution in [3.63, 3.8) is 0 Å². The second-order valence-corrected chi connectivity index (χ2v) is 7.77.